The number of aliphatic hydroxyl groups excluding tert-OH is 1. The van der Waals surface area contributed by atoms with Crippen LogP contribution in [0.25, 0.3) is 11.3 Å². The maximum atomic E-state index is 9.63. The minimum Gasteiger partial charge on any atom is -0.391 e. The van der Waals surface area contributed by atoms with Crippen LogP contribution < -0.4 is 4.90 Å². The van der Waals surface area contributed by atoms with Crippen molar-refractivity contribution in [3.05, 3.63) is 34.6 Å². The van der Waals surface area contributed by atoms with E-state index < -0.39 is 0 Å². The highest BCUT2D eigenvalue weighted by Crippen LogP contribution is 2.22. The fourth-order valence-corrected chi connectivity index (χ4v) is 2.97. The zero-order chi connectivity index (χ0) is 14.4. The Hall–Kier alpha value is -1.68. The number of aromatic nitrogens is 5. The van der Waals surface area contributed by atoms with Gasteiger partial charge in [-0.1, -0.05) is 0 Å². The zero-order valence-corrected chi connectivity index (χ0v) is 13.3. The highest BCUT2D eigenvalue weighted by atomic mass is 127. The van der Waals surface area contributed by atoms with Gasteiger partial charge in [0.1, 0.15) is 9.39 Å². The van der Waals surface area contributed by atoms with E-state index in [-0.39, 0.29) is 6.10 Å². The summed E-state index contributed by atoms with van der Waals surface area (Å²) >= 11 is 2.18. The van der Waals surface area contributed by atoms with Crippen LogP contribution in [0.5, 0.6) is 0 Å². The van der Waals surface area contributed by atoms with Gasteiger partial charge >= 0.3 is 0 Å². The molecular weight excluding hydrogens is 383 g/mol. The lowest BCUT2D eigenvalue weighted by atomic mass is 10.3. The number of anilines is 1. The Balaban J connectivity index is 1.72. The van der Waals surface area contributed by atoms with E-state index in [0.29, 0.717) is 6.54 Å². The van der Waals surface area contributed by atoms with Gasteiger partial charge in [0.05, 0.1) is 30.4 Å². The zero-order valence-electron chi connectivity index (χ0n) is 11.1. The van der Waals surface area contributed by atoms with Crippen LogP contribution in [0.2, 0.25) is 0 Å². The Labute approximate surface area is 134 Å². The van der Waals surface area contributed by atoms with Crippen LogP contribution in [0.15, 0.2) is 30.9 Å². The van der Waals surface area contributed by atoms with Crippen molar-refractivity contribution >= 4 is 33.9 Å². The highest BCUT2D eigenvalue weighted by Gasteiger charge is 2.22. The van der Waals surface area contributed by atoms with Crippen LogP contribution in [0.1, 0.15) is 6.42 Å². The van der Waals surface area contributed by atoms with Crippen molar-refractivity contribution in [3.63, 3.8) is 0 Å². The largest absolute Gasteiger partial charge is 0.391 e. The number of hydrogen-bond donors (Lipinski definition) is 1. The molecule has 4 rings (SSSR count). The Morgan fingerprint density at radius 2 is 2.19 bits per heavy atom. The topological polar surface area (TPSA) is 71.5 Å². The summed E-state index contributed by atoms with van der Waals surface area (Å²) in [7, 11) is 0. The molecule has 0 spiro atoms. The van der Waals surface area contributed by atoms with E-state index in [1.807, 2.05) is 24.7 Å². The molecule has 1 N–H and O–H groups in total. The van der Waals surface area contributed by atoms with Gasteiger partial charge in [0, 0.05) is 19.3 Å². The van der Waals surface area contributed by atoms with Gasteiger partial charge < -0.3 is 10.0 Å². The van der Waals surface area contributed by atoms with Crippen LogP contribution in [0.4, 0.5) is 5.69 Å². The second-order valence-electron chi connectivity index (χ2n) is 5.08. The molecule has 1 aliphatic rings. The van der Waals surface area contributed by atoms with Gasteiger partial charge in [-0.3, -0.25) is 0 Å². The quantitative estimate of drug-likeness (QED) is 0.519. The van der Waals surface area contributed by atoms with Gasteiger partial charge in [-0.25, -0.2) is 14.2 Å². The van der Waals surface area contributed by atoms with Crippen molar-refractivity contribution in [2.24, 2.45) is 0 Å². The van der Waals surface area contributed by atoms with E-state index in [4.69, 9.17) is 0 Å². The van der Waals surface area contributed by atoms with Crippen molar-refractivity contribution in [1.82, 2.24) is 24.4 Å². The molecule has 108 valence electrons. The third-order valence-corrected chi connectivity index (χ3v) is 4.26. The number of aliphatic hydroxyl groups is 1. The minimum atomic E-state index is -0.242. The van der Waals surface area contributed by atoms with E-state index in [2.05, 4.69) is 42.7 Å². The lowest BCUT2D eigenvalue weighted by Gasteiger charge is -2.14. The first-order chi connectivity index (χ1) is 10.2. The van der Waals surface area contributed by atoms with E-state index in [0.717, 1.165) is 33.7 Å². The molecule has 0 aliphatic carbocycles. The van der Waals surface area contributed by atoms with Crippen LogP contribution in [0.3, 0.4) is 0 Å². The maximum absolute atomic E-state index is 9.63. The molecule has 0 aromatic carbocycles. The first-order valence-corrected chi connectivity index (χ1v) is 7.76. The first kappa shape index (κ1) is 13.0. The number of nitrogens with zero attached hydrogens (tertiary/aromatic N) is 6. The number of halogens is 1. The molecule has 0 saturated carbocycles. The molecule has 0 amide bonds. The Bertz CT molecular complexity index is 797. The van der Waals surface area contributed by atoms with Crippen molar-refractivity contribution in [2.45, 2.75) is 12.5 Å². The molecule has 1 aliphatic heterocycles. The van der Waals surface area contributed by atoms with Gasteiger partial charge in [-0.05, 0) is 35.1 Å². The molecular formula is C13H13IN6O. The van der Waals surface area contributed by atoms with Crippen molar-refractivity contribution in [2.75, 3.05) is 18.0 Å². The number of fused-ring (bicyclic) bond motifs is 1. The molecule has 3 aromatic heterocycles. The first-order valence-electron chi connectivity index (χ1n) is 6.68. The van der Waals surface area contributed by atoms with E-state index in [1.54, 1.807) is 15.4 Å². The molecule has 1 atom stereocenters. The number of β-amino-alcohol motifs (C(OH)–C–C–N with tert-alkyl or cyclic N) is 1. The second-order valence-corrected chi connectivity index (χ2v) is 6.19. The number of rotatable bonds is 2. The normalized spacial score (nSPS) is 18.8. The summed E-state index contributed by atoms with van der Waals surface area (Å²) < 4.78 is 4.43. The molecule has 1 fully saturated rings. The SMILES string of the molecule is OC1CCN(c2cnn(-c3cnn4ccc(I)nc34)c2)C1. The average Bonchev–Trinajstić information content (AvgIpc) is 3.16. The Morgan fingerprint density at radius 1 is 1.29 bits per heavy atom. The third-order valence-electron chi connectivity index (χ3n) is 3.66. The summed E-state index contributed by atoms with van der Waals surface area (Å²) in [6.07, 6.45) is 7.98. The lowest BCUT2D eigenvalue weighted by Crippen LogP contribution is -2.20. The number of hydrogen-bond acceptors (Lipinski definition) is 5. The fraction of sp³-hybridized carbons (Fsp3) is 0.308. The molecule has 1 unspecified atom stereocenters. The molecule has 8 heteroatoms. The summed E-state index contributed by atoms with van der Waals surface area (Å²) in [5.41, 5.74) is 2.63. The van der Waals surface area contributed by atoms with Gasteiger partial charge in [-0.15, -0.1) is 0 Å². The lowest BCUT2D eigenvalue weighted by molar-refractivity contribution is 0.198. The predicted octanol–water partition coefficient (Wildman–Crippen LogP) is 1.09. The summed E-state index contributed by atoms with van der Waals surface area (Å²) in [5.74, 6) is 0. The molecule has 0 radical (unpaired) electrons. The Morgan fingerprint density at radius 3 is 3.00 bits per heavy atom. The molecule has 0 bridgehead atoms. The van der Waals surface area contributed by atoms with Crippen LogP contribution in [-0.2, 0) is 0 Å². The highest BCUT2D eigenvalue weighted by molar-refractivity contribution is 14.1. The summed E-state index contributed by atoms with van der Waals surface area (Å²) in [6, 6.07) is 1.91. The van der Waals surface area contributed by atoms with Crippen LogP contribution in [0, 0.1) is 3.70 Å². The summed E-state index contributed by atoms with van der Waals surface area (Å²) in [5, 5.41) is 18.3. The predicted molar refractivity (Wildman–Crippen MR) is 85.7 cm³/mol. The van der Waals surface area contributed by atoms with Crippen molar-refractivity contribution in [3.8, 4) is 5.69 Å². The van der Waals surface area contributed by atoms with E-state index >= 15 is 0 Å². The van der Waals surface area contributed by atoms with E-state index in [9.17, 15) is 5.11 Å². The average molecular weight is 396 g/mol. The summed E-state index contributed by atoms with van der Waals surface area (Å²) in [6.45, 7) is 1.52. The molecule has 7 nitrogen and oxygen atoms in total. The van der Waals surface area contributed by atoms with Crippen LogP contribution >= 0.6 is 22.6 Å². The van der Waals surface area contributed by atoms with E-state index in [1.165, 1.54) is 0 Å². The van der Waals surface area contributed by atoms with Gasteiger partial charge in [-0.2, -0.15) is 10.2 Å². The monoisotopic (exact) mass is 396 g/mol. The smallest absolute Gasteiger partial charge is 0.182 e. The minimum absolute atomic E-state index is 0.242. The molecule has 1 saturated heterocycles. The van der Waals surface area contributed by atoms with Gasteiger partial charge in [0.25, 0.3) is 0 Å². The van der Waals surface area contributed by atoms with Crippen LogP contribution in [-0.4, -0.2) is 48.7 Å². The molecule has 3 aromatic rings. The molecule has 21 heavy (non-hydrogen) atoms. The molecule has 4 heterocycles. The van der Waals surface area contributed by atoms with Gasteiger partial charge in [0.15, 0.2) is 5.65 Å². The maximum Gasteiger partial charge on any atom is 0.182 e. The van der Waals surface area contributed by atoms with Gasteiger partial charge in [0.2, 0.25) is 0 Å². The third kappa shape index (κ3) is 2.27. The standard InChI is InChI=1S/C13H13IN6O/c14-12-2-4-19-13(17-12)11(6-16-19)20-7-9(5-15-20)18-3-1-10(21)8-18/h2,4-7,10,21H,1,3,8H2. The second kappa shape index (κ2) is 4.95. The Kier molecular flexibility index (Phi) is 3.07. The van der Waals surface area contributed by atoms with Crippen molar-refractivity contribution in [1.29, 1.82) is 0 Å². The van der Waals surface area contributed by atoms with Crippen molar-refractivity contribution < 1.29 is 5.11 Å². The summed E-state index contributed by atoms with van der Waals surface area (Å²) in [4.78, 5) is 6.64. The fourth-order valence-electron chi connectivity index (χ4n) is 2.58.